The van der Waals surface area contributed by atoms with Crippen molar-refractivity contribution in [2.45, 2.75) is 20.8 Å². The molecule has 3 nitrogen and oxygen atoms in total. The van der Waals surface area contributed by atoms with E-state index in [-0.39, 0.29) is 5.91 Å². The fraction of sp³-hybridized carbons (Fsp3) is 0.417. The molecule has 3 heteroatoms. The van der Waals surface area contributed by atoms with Crippen molar-refractivity contribution >= 4 is 11.6 Å². The van der Waals surface area contributed by atoms with Crippen molar-refractivity contribution in [1.29, 1.82) is 0 Å². The molecule has 0 aliphatic heterocycles. The lowest BCUT2D eigenvalue weighted by molar-refractivity contribution is -0.114. The van der Waals surface area contributed by atoms with E-state index in [9.17, 15) is 4.79 Å². The van der Waals surface area contributed by atoms with Crippen LogP contribution in [0, 0.1) is 5.92 Å². The van der Waals surface area contributed by atoms with Crippen LogP contribution in [0.5, 0.6) is 5.75 Å². The number of benzene rings is 1. The molecule has 0 aromatic heterocycles. The Kier molecular flexibility index (Phi) is 4.16. The number of carbonyl (C=O) groups excluding carboxylic acids is 1. The highest BCUT2D eigenvalue weighted by atomic mass is 16.5. The predicted octanol–water partition coefficient (Wildman–Crippen LogP) is 2.68. The summed E-state index contributed by atoms with van der Waals surface area (Å²) in [5.41, 5.74) is 0.791. The van der Waals surface area contributed by atoms with E-state index in [1.165, 1.54) is 6.92 Å². The molecule has 0 heterocycles. The van der Waals surface area contributed by atoms with Gasteiger partial charge in [0.1, 0.15) is 5.75 Å². The Hall–Kier alpha value is -1.51. The van der Waals surface area contributed by atoms with Crippen LogP contribution >= 0.6 is 0 Å². The molecule has 0 radical (unpaired) electrons. The van der Waals surface area contributed by atoms with Crippen LogP contribution in [0.4, 0.5) is 5.69 Å². The SMILES string of the molecule is CC(=O)Nc1ccc(OCC(C)C)cc1. The van der Waals surface area contributed by atoms with Gasteiger partial charge in [-0.15, -0.1) is 0 Å². The van der Waals surface area contributed by atoms with E-state index >= 15 is 0 Å². The van der Waals surface area contributed by atoms with Crippen molar-refractivity contribution in [3.63, 3.8) is 0 Å². The van der Waals surface area contributed by atoms with Gasteiger partial charge in [0.2, 0.25) is 5.91 Å². The third-order valence-electron chi connectivity index (χ3n) is 1.76. The molecule has 0 aliphatic rings. The molecule has 0 aliphatic carbocycles. The smallest absolute Gasteiger partial charge is 0.221 e. The van der Waals surface area contributed by atoms with Gasteiger partial charge in [0.15, 0.2) is 0 Å². The first-order chi connectivity index (χ1) is 7.08. The highest BCUT2D eigenvalue weighted by Gasteiger charge is 1.98. The third-order valence-corrected chi connectivity index (χ3v) is 1.76. The first-order valence-corrected chi connectivity index (χ1v) is 5.08. The zero-order valence-electron chi connectivity index (χ0n) is 9.41. The largest absolute Gasteiger partial charge is 0.493 e. The van der Waals surface area contributed by atoms with Crippen LogP contribution in [-0.2, 0) is 4.79 Å². The first kappa shape index (κ1) is 11.6. The zero-order valence-corrected chi connectivity index (χ0v) is 9.41. The van der Waals surface area contributed by atoms with Crippen LogP contribution in [-0.4, -0.2) is 12.5 Å². The van der Waals surface area contributed by atoms with Crippen molar-refractivity contribution in [3.05, 3.63) is 24.3 Å². The topological polar surface area (TPSA) is 38.3 Å². The summed E-state index contributed by atoms with van der Waals surface area (Å²) in [5, 5.41) is 2.70. The summed E-state index contributed by atoms with van der Waals surface area (Å²) in [7, 11) is 0. The first-order valence-electron chi connectivity index (χ1n) is 5.08. The number of carbonyl (C=O) groups is 1. The van der Waals surface area contributed by atoms with Crippen LogP contribution in [0.2, 0.25) is 0 Å². The van der Waals surface area contributed by atoms with Crippen LogP contribution in [0.3, 0.4) is 0 Å². The number of rotatable bonds is 4. The number of anilines is 1. The van der Waals surface area contributed by atoms with E-state index in [0.717, 1.165) is 11.4 Å². The molecule has 82 valence electrons. The molecular weight excluding hydrogens is 190 g/mol. The van der Waals surface area contributed by atoms with E-state index in [1.807, 2.05) is 24.3 Å². The molecule has 1 rings (SSSR count). The fourth-order valence-corrected chi connectivity index (χ4v) is 1.10. The van der Waals surface area contributed by atoms with Gasteiger partial charge in [-0.2, -0.15) is 0 Å². The van der Waals surface area contributed by atoms with Gasteiger partial charge >= 0.3 is 0 Å². The predicted molar refractivity (Wildman–Crippen MR) is 61.1 cm³/mol. The van der Waals surface area contributed by atoms with Gasteiger partial charge in [0.25, 0.3) is 0 Å². The standard InChI is InChI=1S/C12H17NO2/c1-9(2)8-15-12-6-4-11(5-7-12)13-10(3)14/h4-7,9H,8H2,1-3H3,(H,13,14). The van der Waals surface area contributed by atoms with Crippen LogP contribution in [0.25, 0.3) is 0 Å². The number of ether oxygens (including phenoxy) is 1. The second-order valence-electron chi connectivity index (χ2n) is 3.91. The molecule has 0 atom stereocenters. The van der Waals surface area contributed by atoms with E-state index in [4.69, 9.17) is 4.74 Å². The molecule has 0 bridgehead atoms. The molecule has 0 saturated heterocycles. The molecule has 1 aromatic rings. The number of amides is 1. The maximum atomic E-state index is 10.8. The Morgan fingerprint density at radius 3 is 2.40 bits per heavy atom. The van der Waals surface area contributed by atoms with Crippen molar-refractivity contribution in [2.75, 3.05) is 11.9 Å². The summed E-state index contributed by atoms with van der Waals surface area (Å²) in [5.74, 6) is 1.28. The van der Waals surface area contributed by atoms with Crippen LogP contribution in [0.1, 0.15) is 20.8 Å². The van der Waals surface area contributed by atoms with Crippen molar-refractivity contribution < 1.29 is 9.53 Å². The lowest BCUT2D eigenvalue weighted by Gasteiger charge is -2.09. The summed E-state index contributed by atoms with van der Waals surface area (Å²) in [6, 6.07) is 7.37. The number of hydrogen-bond acceptors (Lipinski definition) is 2. The quantitative estimate of drug-likeness (QED) is 0.824. The van der Waals surface area contributed by atoms with Gasteiger partial charge in [-0.05, 0) is 30.2 Å². The van der Waals surface area contributed by atoms with Crippen LogP contribution in [0.15, 0.2) is 24.3 Å². The Bertz CT molecular complexity index is 317. The summed E-state index contributed by atoms with van der Waals surface area (Å²) in [4.78, 5) is 10.8. The lowest BCUT2D eigenvalue weighted by Crippen LogP contribution is -2.06. The minimum Gasteiger partial charge on any atom is -0.493 e. The third kappa shape index (κ3) is 4.49. The van der Waals surface area contributed by atoms with Gasteiger partial charge in [0, 0.05) is 12.6 Å². The molecule has 0 unspecified atom stereocenters. The Morgan fingerprint density at radius 2 is 1.93 bits per heavy atom. The second kappa shape index (κ2) is 5.39. The molecule has 15 heavy (non-hydrogen) atoms. The normalized spacial score (nSPS) is 10.1. The second-order valence-corrected chi connectivity index (χ2v) is 3.91. The monoisotopic (exact) mass is 207 g/mol. The summed E-state index contributed by atoms with van der Waals surface area (Å²) < 4.78 is 5.51. The van der Waals surface area contributed by atoms with Gasteiger partial charge in [-0.25, -0.2) is 0 Å². The van der Waals surface area contributed by atoms with E-state index in [1.54, 1.807) is 0 Å². The lowest BCUT2D eigenvalue weighted by atomic mass is 10.2. The highest BCUT2D eigenvalue weighted by Crippen LogP contribution is 2.16. The Balaban J connectivity index is 2.52. The molecule has 0 fully saturated rings. The number of nitrogens with one attached hydrogen (secondary N) is 1. The minimum atomic E-state index is -0.0640. The van der Waals surface area contributed by atoms with Gasteiger partial charge in [0.05, 0.1) is 6.61 Å². The van der Waals surface area contributed by atoms with Crippen LogP contribution < -0.4 is 10.1 Å². The van der Waals surface area contributed by atoms with Crippen molar-refractivity contribution in [2.24, 2.45) is 5.92 Å². The van der Waals surface area contributed by atoms with Gasteiger partial charge in [-0.3, -0.25) is 4.79 Å². The molecule has 1 aromatic carbocycles. The maximum absolute atomic E-state index is 10.8. The maximum Gasteiger partial charge on any atom is 0.221 e. The van der Waals surface area contributed by atoms with Gasteiger partial charge in [-0.1, -0.05) is 13.8 Å². The molecule has 0 spiro atoms. The Labute approximate surface area is 90.4 Å². The molecule has 1 amide bonds. The summed E-state index contributed by atoms with van der Waals surface area (Å²) >= 11 is 0. The molecular formula is C12H17NO2. The zero-order chi connectivity index (χ0) is 11.3. The van der Waals surface area contributed by atoms with Crippen molar-refractivity contribution in [3.8, 4) is 5.75 Å². The summed E-state index contributed by atoms with van der Waals surface area (Å²) in [6.45, 7) is 6.40. The average molecular weight is 207 g/mol. The molecule has 0 saturated carbocycles. The number of hydrogen-bond donors (Lipinski definition) is 1. The van der Waals surface area contributed by atoms with Gasteiger partial charge < -0.3 is 10.1 Å². The fourth-order valence-electron chi connectivity index (χ4n) is 1.10. The average Bonchev–Trinajstić information content (AvgIpc) is 2.16. The van der Waals surface area contributed by atoms with Crippen molar-refractivity contribution in [1.82, 2.24) is 0 Å². The Morgan fingerprint density at radius 1 is 1.33 bits per heavy atom. The van der Waals surface area contributed by atoms with E-state index in [0.29, 0.717) is 12.5 Å². The summed E-state index contributed by atoms with van der Waals surface area (Å²) in [6.07, 6.45) is 0. The van der Waals surface area contributed by atoms with E-state index in [2.05, 4.69) is 19.2 Å². The molecule has 1 N–H and O–H groups in total. The van der Waals surface area contributed by atoms with E-state index < -0.39 is 0 Å². The highest BCUT2D eigenvalue weighted by molar-refractivity contribution is 5.88. The minimum absolute atomic E-state index is 0.0640.